The summed E-state index contributed by atoms with van der Waals surface area (Å²) >= 11 is 0. The lowest BCUT2D eigenvalue weighted by molar-refractivity contribution is 0.0647. The van der Waals surface area contributed by atoms with Crippen molar-refractivity contribution in [3.05, 3.63) is 28.8 Å². The smallest absolute Gasteiger partial charge is 0.128 e. The lowest BCUT2D eigenvalue weighted by Gasteiger charge is -2.20. The van der Waals surface area contributed by atoms with Crippen LogP contribution >= 0.6 is 0 Å². The summed E-state index contributed by atoms with van der Waals surface area (Å²) < 4.78 is 0. The molecule has 0 aliphatic rings. The minimum atomic E-state index is -1.07. The van der Waals surface area contributed by atoms with Gasteiger partial charge in [0.25, 0.3) is 0 Å². The number of benzene rings is 1. The fourth-order valence-corrected chi connectivity index (χ4v) is 2.69. The zero-order valence-electron chi connectivity index (χ0n) is 14.9. The van der Waals surface area contributed by atoms with Gasteiger partial charge in [0.2, 0.25) is 0 Å². The van der Waals surface area contributed by atoms with Crippen LogP contribution in [0.2, 0.25) is 0 Å². The molecule has 7 heteroatoms. The number of aliphatic hydroxyl groups is 4. The average Bonchev–Trinajstić information content (AvgIpc) is 2.62. The minimum absolute atomic E-state index is 0.0882. The van der Waals surface area contributed by atoms with E-state index in [1.807, 2.05) is 6.07 Å². The van der Waals surface area contributed by atoms with Gasteiger partial charge < -0.3 is 25.5 Å². The number of phenols is 1. The standard InChI is InChI=1S/C18H32N2O5/c1-2-3-4-5-6-13-7-8-16(23)15(10-20-18(25)12-22)14(13)9-19-17(24)11-21/h7-8,17-25H,2-6,9-12H2,1H3. The summed E-state index contributed by atoms with van der Waals surface area (Å²) in [7, 11) is 0. The molecule has 0 aromatic heterocycles. The Morgan fingerprint density at radius 2 is 1.48 bits per heavy atom. The molecule has 0 fully saturated rings. The van der Waals surface area contributed by atoms with Crippen molar-refractivity contribution in [1.29, 1.82) is 0 Å². The second kappa shape index (κ2) is 12.2. The molecule has 25 heavy (non-hydrogen) atoms. The van der Waals surface area contributed by atoms with Gasteiger partial charge in [-0.2, -0.15) is 0 Å². The number of hydrogen-bond donors (Lipinski definition) is 7. The molecule has 0 amide bonds. The van der Waals surface area contributed by atoms with Gasteiger partial charge in [0.15, 0.2) is 0 Å². The van der Waals surface area contributed by atoms with Crippen LogP contribution < -0.4 is 10.6 Å². The van der Waals surface area contributed by atoms with Crippen molar-refractivity contribution in [2.45, 2.75) is 64.6 Å². The molecule has 0 aliphatic carbocycles. The number of aromatic hydroxyl groups is 1. The van der Waals surface area contributed by atoms with Gasteiger partial charge in [-0.1, -0.05) is 32.3 Å². The summed E-state index contributed by atoms with van der Waals surface area (Å²) in [6.45, 7) is 1.80. The van der Waals surface area contributed by atoms with Crippen LogP contribution in [0.25, 0.3) is 0 Å². The maximum Gasteiger partial charge on any atom is 0.128 e. The summed E-state index contributed by atoms with van der Waals surface area (Å²) in [5, 5.41) is 52.7. The van der Waals surface area contributed by atoms with Gasteiger partial charge in [0.1, 0.15) is 18.2 Å². The van der Waals surface area contributed by atoms with Crippen LogP contribution in [-0.4, -0.2) is 51.2 Å². The van der Waals surface area contributed by atoms with Crippen LogP contribution in [0.15, 0.2) is 12.1 Å². The summed E-state index contributed by atoms with van der Waals surface area (Å²) in [6.07, 6.45) is 3.21. The van der Waals surface area contributed by atoms with Gasteiger partial charge in [-0.25, -0.2) is 0 Å². The molecule has 2 atom stereocenters. The highest BCUT2D eigenvalue weighted by Crippen LogP contribution is 2.26. The Bertz CT molecular complexity index is 499. The van der Waals surface area contributed by atoms with Gasteiger partial charge in [-0.3, -0.25) is 10.6 Å². The monoisotopic (exact) mass is 356 g/mol. The van der Waals surface area contributed by atoms with Crippen molar-refractivity contribution in [2.75, 3.05) is 13.2 Å². The van der Waals surface area contributed by atoms with Crippen molar-refractivity contribution in [3.63, 3.8) is 0 Å². The van der Waals surface area contributed by atoms with Crippen molar-refractivity contribution in [2.24, 2.45) is 0 Å². The Balaban J connectivity index is 2.95. The molecule has 0 spiro atoms. The van der Waals surface area contributed by atoms with Crippen LogP contribution in [-0.2, 0) is 19.5 Å². The third kappa shape index (κ3) is 7.68. The Morgan fingerprint density at radius 3 is 2.04 bits per heavy atom. The molecule has 7 nitrogen and oxygen atoms in total. The second-order valence-corrected chi connectivity index (χ2v) is 6.17. The molecule has 0 bridgehead atoms. The van der Waals surface area contributed by atoms with Crippen LogP contribution in [0.1, 0.15) is 49.3 Å². The van der Waals surface area contributed by atoms with Crippen molar-refractivity contribution in [3.8, 4) is 5.75 Å². The summed E-state index contributed by atoms with van der Waals surface area (Å²) in [5.74, 6) is 0.0882. The summed E-state index contributed by atoms with van der Waals surface area (Å²) in [4.78, 5) is 0. The van der Waals surface area contributed by atoms with E-state index in [-0.39, 0.29) is 18.8 Å². The van der Waals surface area contributed by atoms with E-state index in [4.69, 9.17) is 10.2 Å². The van der Waals surface area contributed by atoms with Gasteiger partial charge >= 0.3 is 0 Å². The maximum atomic E-state index is 10.2. The van der Waals surface area contributed by atoms with Crippen LogP contribution in [0.4, 0.5) is 0 Å². The zero-order valence-corrected chi connectivity index (χ0v) is 14.9. The molecule has 7 N–H and O–H groups in total. The molecule has 2 unspecified atom stereocenters. The first-order valence-electron chi connectivity index (χ1n) is 8.90. The minimum Gasteiger partial charge on any atom is -0.508 e. The largest absolute Gasteiger partial charge is 0.508 e. The molecule has 0 saturated carbocycles. The SMILES string of the molecule is CCCCCCc1ccc(O)c(CNC(O)CO)c1CNC(O)CO. The van der Waals surface area contributed by atoms with Crippen LogP contribution in [0.3, 0.4) is 0 Å². The Labute approximate surface area is 149 Å². The summed E-state index contributed by atoms with van der Waals surface area (Å²) in [6, 6.07) is 3.50. The van der Waals surface area contributed by atoms with E-state index in [0.29, 0.717) is 5.56 Å². The third-order valence-electron chi connectivity index (χ3n) is 4.18. The Kier molecular flexibility index (Phi) is 10.6. The highest BCUT2D eigenvalue weighted by atomic mass is 16.3. The van der Waals surface area contributed by atoms with Crippen molar-refractivity contribution < 1.29 is 25.5 Å². The third-order valence-corrected chi connectivity index (χ3v) is 4.18. The van der Waals surface area contributed by atoms with Gasteiger partial charge in [0.05, 0.1) is 13.2 Å². The number of rotatable bonds is 13. The topological polar surface area (TPSA) is 125 Å². The zero-order chi connectivity index (χ0) is 18.7. The first-order valence-corrected chi connectivity index (χ1v) is 8.90. The predicted octanol–water partition coefficient (Wildman–Crippen LogP) is 0.316. The van der Waals surface area contributed by atoms with Gasteiger partial charge in [-0.15, -0.1) is 0 Å². The molecule has 0 heterocycles. The number of nitrogens with one attached hydrogen (secondary N) is 2. The van der Waals surface area contributed by atoms with Crippen molar-refractivity contribution >= 4 is 0 Å². The Morgan fingerprint density at radius 1 is 0.880 bits per heavy atom. The summed E-state index contributed by atoms with van der Waals surface area (Å²) in [5.41, 5.74) is 2.50. The molecule has 0 saturated heterocycles. The van der Waals surface area contributed by atoms with E-state index in [0.717, 1.165) is 36.8 Å². The molecule has 1 rings (SSSR count). The molecule has 0 radical (unpaired) electrons. The predicted molar refractivity (Wildman–Crippen MR) is 95.8 cm³/mol. The first kappa shape index (κ1) is 21.8. The molecule has 144 valence electrons. The lowest BCUT2D eigenvalue weighted by atomic mass is 9.95. The highest BCUT2D eigenvalue weighted by Gasteiger charge is 2.15. The molecular weight excluding hydrogens is 324 g/mol. The van der Waals surface area contributed by atoms with E-state index >= 15 is 0 Å². The normalized spacial score (nSPS) is 13.8. The quantitative estimate of drug-likeness (QED) is 0.200. The average molecular weight is 356 g/mol. The molecule has 1 aromatic rings. The van der Waals surface area contributed by atoms with Crippen LogP contribution in [0.5, 0.6) is 5.75 Å². The number of aliphatic hydroxyl groups excluding tert-OH is 4. The molecule has 1 aromatic carbocycles. The van der Waals surface area contributed by atoms with E-state index < -0.39 is 25.7 Å². The van der Waals surface area contributed by atoms with Crippen molar-refractivity contribution in [1.82, 2.24) is 10.6 Å². The Hall–Kier alpha value is -1.22. The van der Waals surface area contributed by atoms with E-state index in [9.17, 15) is 15.3 Å². The van der Waals surface area contributed by atoms with Crippen LogP contribution in [0, 0.1) is 0 Å². The van der Waals surface area contributed by atoms with Gasteiger partial charge in [-0.05, 0) is 30.0 Å². The van der Waals surface area contributed by atoms with E-state index in [1.165, 1.54) is 6.42 Å². The first-order chi connectivity index (χ1) is 12.0. The molecular formula is C18H32N2O5. The van der Waals surface area contributed by atoms with E-state index in [2.05, 4.69) is 17.6 Å². The lowest BCUT2D eigenvalue weighted by Crippen LogP contribution is -2.34. The van der Waals surface area contributed by atoms with E-state index in [1.54, 1.807) is 6.07 Å². The molecule has 0 aliphatic heterocycles. The fourth-order valence-electron chi connectivity index (χ4n) is 2.69. The number of hydrogen-bond acceptors (Lipinski definition) is 7. The second-order valence-electron chi connectivity index (χ2n) is 6.17. The highest BCUT2D eigenvalue weighted by molar-refractivity contribution is 5.44. The number of unbranched alkanes of at least 4 members (excludes halogenated alkanes) is 3. The van der Waals surface area contributed by atoms with Gasteiger partial charge in [0, 0.05) is 18.7 Å². The fraction of sp³-hybridized carbons (Fsp3) is 0.667. The number of phenolic OH excluding ortho intramolecular Hbond substituents is 1. The maximum absolute atomic E-state index is 10.2. The number of aryl methyl sites for hydroxylation is 1.